The Morgan fingerprint density at radius 3 is 2.17 bits per heavy atom. The van der Waals surface area contributed by atoms with E-state index in [1.165, 1.54) is 52.8 Å². The average Bonchev–Trinajstić information content (AvgIpc) is 3.03. The van der Waals surface area contributed by atoms with Crippen molar-refractivity contribution in [1.29, 1.82) is 0 Å². The Hall–Kier alpha value is -2.33. The van der Waals surface area contributed by atoms with Crippen LogP contribution in [0.2, 0.25) is 5.02 Å². The number of carbonyl (C=O) groups excluding carboxylic acids is 2. The van der Waals surface area contributed by atoms with Crippen LogP contribution < -0.4 is 9.80 Å². The minimum Gasteiger partial charge on any atom is -0.322 e. The fraction of sp³-hybridized carbons (Fsp3) is 0.300. The van der Waals surface area contributed by atoms with Crippen molar-refractivity contribution < 1.29 is 27.3 Å². The molecule has 4 rings (SSSR count). The van der Waals surface area contributed by atoms with E-state index in [0.29, 0.717) is 23.8 Å². The minimum atomic E-state index is -3.64. The van der Waals surface area contributed by atoms with Crippen LogP contribution in [0.5, 0.6) is 0 Å². The normalized spacial score (nSPS) is 21.4. The summed E-state index contributed by atoms with van der Waals surface area (Å²) in [5.74, 6) is -1.12. The summed E-state index contributed by atoms with van der Waals surface area (Å²) in [5.41, 5.74) is 0.345. The Morgan fingerprint density at radius 1 is 0.967 bits per heavy atom. The van der Waals surface area contributed by atoms with Gasteiger partial charge in [0.25, 0.3) is 5.91 Å². The number of imide groups is 1. The molecule has 7 nitrogen and oxygen atoms in total. The maximum Gasteiger partial charge on any atom is 0.292 e. The Morgan fingerprint density at radius 2 is 1.57 bits per heavy atom. The molecule has 0 bridgehead atoms. The van der Waals surface area contributed by atoms with Gasteiger partial charge in [0.05, 0.1) is 43.2 Å². The van der Waals surface area contributed by atoms with E-state index >= 15 is 0 Å². The van der Waals surface area contributed by atoms with Gasteiger partial charge in [-0.2, -0.15) is 4.31 Å². The van der Waals surface area contributed by atoms with Crippen LogP contribution in [-0.2, 0) is 19.6 Å². The van der Waals surface area contributed by atoms with Gasteiger partial charge in [0.1, 0.15) is 5.82 Å². The standard InChI is InChI=1S/C20H19ClFN3O4S/c21-14-1-7-17(8-2-14)30(28,29)24-11-9-23(10-12-24)18-13-19(26)25(20(18)27)16-5-3-15(22)4-6-16/h1-8,18H,9-13H2/p+1/t18-/m1/s1. The highest BCUT2D eigenvalue weighted by molar-refractivity contribution is 7.89. The summed E-state index contributed by atoms with van der Waals surface area (Å²) >= 11 is 5.83. The zero-order valence-corrected chi connectivity index (χ0v) is 17.5. The van der Waals surface area contributed by atoms with Crippen molar-refractivity contribution in [3.05, 3.63) is 59.4 Å². The van der Waals surface area contributed by atoms with Crippen molar-refractivity contribution in [2.24, 2.45) is 0 Å². The van der Waals surface area contributed by atoms with Gasteiger partial charge in [0.2, 0.25) is 15.9 Å². The summed E-state index contributed by atoms with van der Waals surface area (Å²) in [4.78, 5) is 27.5. The number of piperazine rings is 1. The zero-order chi connectivity index (χ0) is 21.5. The SMILES string of the molecule is O=C1C[C@@H]([NH+]2CCN(S(=O)(=O)c3ccc(Cl)cc3)CC2)C(=O)N1c1ccc(F)cc1. The first-order valence-electron chi connectivity index (χ1n) is 9.50. The first-order valence-corrected chi connectivity index (χ1v) is 11.3. The number of anilines is 1. The summed E-state index contributed by atoms with van der Waals surface area (Å²) in [6.45, 7) is 1.31. The molecule has 2 amide bonds. The van der Waals surface area contributed by atoms with Crippen LogP contribution in [0.15, 0.2) is 53.4 Å². The van der Waals surface area contributed by atoms with Gasteiger partial charge < -0.3 is 4.90 Å². The number of rotatable bonds is 4. The maximum atomic E-state index is 13.2. The number of nitrogens with zero attached hydrogens (tertiary/aromatic N) is 2. The molecule has 0 radical (unpaired) electrons. The van der Waals surface area contributed by atoms with E-state index in [0.717, 1.165) is 9.80 Å². The molecule has 158 valence electrons. The van der Waals surface area contributed by atoms with Crippen molar-refractivity contribution in [3.8, 4) is 0 Å². The number of hydrogen-bond donors (Lipinski definition) is 1. The van der Waals surface area contributed by atoms with Crippen molar-refractivity contribution in [2.45, 2.75) is 17.4 Å². The molecule has 1 atom stereocenters. The molecule has 1 N–H and O–H groups in total. The molecule has 2 fully saturated rings. The lowest BCUT2D eigenvalue weighted by Gasteiger charge is -2.33. The lowest BCUT2D eigenvalue weighted by molar-refractivity contribution is -0.918. The van der Waals surface area contributed by atoms with Gasteiger partial charge in [-0.1, -0.05) is 11.6 Å². The van der Waals surface area contributed by atoms with Crippen molar-refractivity contribution in [1.82, 2.24) is 4.31 Å². The molecule has 0 aliphatic carbocycles. The van der Waals surface area contributed by atoms with E-state index < -0.39 is 21.9 Å². The first-order chi connectivity index (χ1) is 14.3. The molecular weight excluding hydrogens is 433 g/mol. The maximum absolute atomic E-state index is 13.2. The van der Waals surface area contributed by atoms with Crippen LogP contribution in [0.25, 0.3) is 0 Å². The highest BCUT2D eigenvalue weighted by Crippen LogP contribution is 2.23. The third-order valence-electron chi connectivity index (χ3n) is 5.54. The number of halogens is 2. The zero-order valence-electron chi connectivity index (χ0n) is 15.9. The molecule has 2 aliphatic rings. The highest BCUT2D eigenvalue weighted by Gasteiger charge is 2.47. The van der Waals surface area contributed by atoms with Gasteiger partial charge in [-0.25, -0.2) is 17.7 Å². The highest BCUT2D eigenvalue weighted by atomic mass is 35.5. The second-order valence-corrected chi connectivity index (χ2v) is 9.69. The fourth-order valence-corrected chi connectivity index (χ4v) is 5.50. The van der Waals surface area contributed by atoms with Crippen molar-refractivity contribution in [2.75, 3.05) is 31.1 Å². The summed E-state index contributed by atoms with van der Waals surface area (Å²) in [5, 5.41) is 0.457. The Kier molecular flexibility index (Phi) is 5.63. The first kappa shape index (κ1) is 20.9. The second-order valence-electron chi connectivity index (χ2n) is 7.32. The molecule has 2 aliphatic heterocycles. The monoisotopic (exact) mass is 452 g/mol. The predicted octanol–water partition coefficient (Wildman–Crippen LogP) is 0.700. The Balaban J connectivity index is 1.44. The number of nitrogens with one attached hydrogen (secondary N) is 1. The lowest BCUT2D eigenvalue weighted by atomic mass is 10.2. The van der Waals surface area contributed by atoms with Gasteiger partial charge in [-0.15, -0.1) is 0 Å². The molecule has 0 unspecified atom stereocenters. The topological polar surface area (TPSA) is 79.2 Å². The molecule has 2 aromatic carbocycles. The third kappa shape index (κ3) is 3.85. The molecule has 0 saturated carbocycles. The van der Waals surface area contributed by atoms with E-state index in [2.05, 4.69) is 0 Å². The number of carbonyl (C=O) groups is 2. The Labute approximate surface area is 178 Å². The summed E-state index contributed by atoms with van der Waals surface area (Å²) in [6, 6.07) is 10.6. The van der Waals surface area contributed by atoms with Crippen molar-refractivity contribution in [3.63, 3.8) is 0 Å². The number of sulfonamides is 1. The third-order valence-corrected chi connectivity index (χ3v) is 7.71. The second kappa shape index (κ2) is 8.07. The number of quaternary nitrogens is 1. The van der Waals surface area contributed by atoms with Gasteiger partial charge in [0, 0.05) is 5.02 Å². The largest absolute Gasteiger partial charge is 0.322 e. The molecular formula is C20H20ClFN3O4S+. The van der Waals surface area contributed by atoms with Gasteiger partial charge >= 0.3 is 0 Å². The van der Waals surface area contributed by atoms with E-state index in [-0.39, 0.29) is 36.2 Å². The van der Waals surface area contributed by atoms with Crippen LogP contribution >= 0.6 is 11.6 Å². The molecule has 0 aromatic heterocycles. The predicted molar refractivity (Wildman–Crippen MR) is 108 cm³/mol. The summed E-state index contributed by atoms with van der Waals surface area (Å²) in [7, 11) is -3.64. The average molecular weight is 453 g/mol. The van der Waals surface area contributed by atoms with Crippen molar-refractivity contribution >= 4 is 39.1 Å². The summed E-state index contributed by atoms with van der Waals surface area (Å²) in [6.07, 6.45) is 0.0511. The Bertz CT molecular complexity index is 1070. The molecule has 30 heavy (non-hydrogen) atoms. The molecule has 2 saturated heterocycles. The van der Waals surface area contributed by atoms with E-state index in [1.54, 1.807) is 0 Å². The van der Waals surface area contributed by atoms with Crippen LogP contribution in [-0.4, -0.2) is 56.8 Å². The molecule has 0 spiro atoms. The van der Waals surface area contributed by atoms with Crippen LogP contribution in [0.3, 0.4) is 0 Å². The molecule has 10 heteroatoms. The van der Waals surface area contributed by atoms with Crippen LogP contribution in [0.1, 0.15) is 6.42 Å². The molecule has 2 heterocycles. The molecule has 2 aromatic rings. The van der Waals surface area contributed by atoms with E-state index in [4.69, 9.17) is 11.6 Å². The van der Waals surface area contributed by atoms with Gasteiger partial charge in [-0.05, 0) is 48.5 Å². The van der Waals surface area contributed by atoms with Gasteiger partial charge in [-0.3, -0.25) is 9.59 Å². The summed E-state index contributed by atoms with van der Waals surface area (Å²) < 4.78 is 40.2. The lowest BCUT2D eigenvalue weighted by Crippen LogP contribution is -3.19. The smallest absolute Gasteiger partial charge is 0.292 e. The van der Waals surface area contributed by atoms with Gasteiger partial charge in [0.15, 0.2) is 6.04 Å². The van der Waals surface area contributed by atoms with Crippen LogP contribution in [0, 0.1) is 5.82 Å². The van der Waals surface area contributed by atoms with E-state index in [9.17, 15) is 22.4 Å². The number of benzene rings is 2. The number of amides is 2. The fourth-order valence-electron chi connectivity index (χ4n) is 3.93. The van der Waals surface area contributed by atoms with E-state index in [1.807, 2.05) is 0 Å². The minimum absolute atomic E-state index is 0.0511. The number of hydrogen-bond acceptors (Lipinski definition) is 4. The van der Waals surface area contributed by atoms with Crippen LogP contribution in [0.4, 0.5) is 10.1 Å². The quantitative estimate of drug-likeness (QED) is 0.693.